The molecule has 32 heavy (non-hydrogen) atoms. The minimum Gasteiger partial charge on any atom is -0.404 e. The largest absolute Gasteiger partial charge is 0.573 e. The zero-order valence-corrected chi connectivity index (χ0v) is 17.3. The number of H-pyrrole nitrogens is 1. The van der Waals surface area contributed by atoms with Crippen molar-refractivity contribution in [2.45, 2.75) is 19.3 Å². The first-order valence-electron chi connectivity index (χ1n) is 9.90. The van der Waals surface area contributed by atoms with E-state index in [9.17, 15) is 18.0 Å². The summed E-state index contributed by atoms with van der Waals surface area (Å²) in [6.07, 6.45) is -4.60. The van der Waals surface area contributed by atoms with E-state index >= 15 is 0 Å². The maximum absolute atomic E-state index is 12.9. The highest BCUT2D eigenvalue weighted by molar-refractivity contribution is 6.32. The van der Waals surface area contributed by atoms with Crippen LogP contribution in [0.2, 0.25) is 5.02 Å². The van der Waals surface area contributed by atoms with Gasteiger partial charge in [-0.1, -0.05) is 29.8 Å². The Hall–Kier alpha value is -3.11. The fraction of sp³-hybridized carbons (Fsp3) is 0.286. The number of aromatic amines is 1. The maximum atomic E-state index is 12.9. The van der Waals surface area contributed by atoms with Gasteiger partial charge in [0.05, 0.1) is 40.1 Å². The van der Waals surface area contributed by atoms with Crippen molar-refractivity contribution in [1.82, 2.24) is 25.1 Å². The molecule has 166 valence electrons. The molecule has 2 N–H and O–H groups in total. The summed E-state index contributed by atoms with van der Waals surface area (Å²) >= 11 is 5.93. The molecule has 1 aliphatic heterocycles. The number of fused-ring (bicyclic) bond motifs is 2. The quantitative estimate of drug-likeness (QED) is 0.472. The summed E-state index contributed by atoms with van der Waals surface area (Å²) in [4.78, 5) is 20.3. The zero-order chi connectivity index (χ0) is 22.5. The van der Waals surface area contributed by atoms with Crippen LogP contribution in [-0.4, -0.2) is 39.2 Å². The van der Waals surface area contributed by atoms with Crippen LogP contribution in [0.5, 0.6) is 5.75 Å². The third-order valence-corrected chi connectivity index (χ3v) is 5.68. The van der Waals surface area contributed by atoms with E-state index in [4.69, 9.17) is 11.6 Å². The van der Waals surface area contributed by atoms with Gasteiger partial charge >= 0.3 is 6.36 Å². The number of ether oxygens (including phenoxy) is 1. The summed E-state index contributed by atoms with van der Waals surface area (Å²) in [7, 11) is 0. The smallest absolute Gasteiger partial charge is 0.404 e. The van der Waals surface area contributed by atoms with Crippen molar-refractivity contribution in [2.75, 3.05) is 13.1 Å². The summed E-state index contributed by atoms with van der Waals surface area (Å²) < 4.78 is 43.3. The van der Waals surface area contributed by atoms with Gasteiger partial charge in [0, 0.05) is 30.5 Å². The molecule has 11 heteroatoms. The molecule has 2 aromatic carbocycles. The van der Waals surface area contributed by atoms with E-state index in [1.165, 1.54) is 10.7 Å². The van der Waals surface area contributed by atoms with Crippen LogP contribution in [0.15, 0.2) is 41.2 Å². The van der Waals surface area contributed by atoms with Crippen molar-refractivity contribution < 1.29 is 17.9 Å². The summed E-state index contributed by atoms with van der Waals surface area (Å²) in [5.41, 5.74) is 1.24. The number of nitrogens with zero attached hydrogens (tertiary/aromatic N) is 3. The molecule has 0 saturated carbocycles. The number of benzene rings is 2. The molecule has 0 atom stereocenters. The van der Waals surface area contributed by atoms with Crippen LogP contribution in [0, 0.1) is 5.92 Å². The van der Waals surface area contributed by atoms with E-state index in [1.54, 1.807) is 12.1 Å². The third-order valence-electron chi connectivity index (χ3n) is 5.39. The fourth-order valence-corrected chi connectivity index (χ4v) is 3.99. The van der Waals surface area contributed by atoms with E-state index in [-0.39, 0.29) is 17.0 Å². The highest BCUT2D eigenvalue weighted by Crippen LogP contribution is 2.33. The Morgan fingerprint density at radius 1 is 1.19 bits per heavy atom. The Bertz CT molecular complexity index is 1380. The van der Waals surface area contributed by atoms with Crippen LogP contribution >= 0.6 is 11.6 Å². The number of aromatic nitrogens is 4. The average Bonchev–Trinajstić information content (AvgIpc) is 3.08. The Labute approximate surface area is 184 Å². The molecule has 0 radical (unpaired) electrons. The molecule has 1 aliphatic rings. The van der Waals surface area contributed by atoms with Gasteiger partial charge in [-0.2, -0.15) is 5.10 Å². The van der Waals surface area contributed by atoms with Crippen molar-refractivity contribution in [3.05, 3.63) is 63.3 Å². The molecule has 0 spiro atoms. The van der Waals surface area contributed by atoms with Gasteiger partial charge in [-0.25, -0.2) is 9.67 Å². The average molecular weight is 464 g/mol. The SMILES string of the molecule is O=c1c2ccccc2c(Cc2nc3cc(Cl)c(OC(F)(F)F)cc3[nH]2)nn1CC1CNC1. The predicted molar refractivity (Wildman–Crippen MR) is 113 cm³/mol. The third kappa shape index (κ3) is 4.03. The predicted octanol–water partition coefficient (Wildman–Crippen LogP) is 3.64. The minimum absolute atomic E-state index is 0.151. The molecule has 0 unspecified atom stereocenters. The van der Waals surface area contributed by atoms with Crippen LogP contribution in [0.4, 0.5) is 13.2 Å². The lowest BCUT2D eigenvalue weighted by Crippen LogP contribution is -2.46. The molecule has 4 aromatic rings. The van der Waals surface area contributed by atoms with Crippen LogP contribution in [0.3, 0.4) is 0 Å². The molecular weight excluding hydrogens is 447 g/mol. The van der Waals surface area contributed by atoms with E-state index in [1.807, 2.05) is 12.1 Å². The number of nitrogens with one attached hydrogen (secondary N) is 2. The normalized spacial score (nSPS) is 14.8. The van der Waals surface area contributed by atoms with Gasteiger partial charge in [0.25, 0.3) is 5.56 Å². The van der Waals surface area contributed by atoms with Crippen molar-refractivity contribution >= 4 is 33.4 Å². The molecule has 5 rings (SSSR count). The standard InChI is InChI=1S/C21H17ClF3N5O2/c22-14-5-16-17(6-18(14)32-21(23,24)25)28-19(27-16)7-15-12-3-1-2-4-13(12)20(31)30(29-15)10-11-8-26-9-11/h1-6,11,26H,7-10H2,(H,27,28). The molecule has 1 fully saturated rings. The Balaban J connectivity index is 1.53. The zero-order valence-electron chi connectivity index (χ0n) is 16.5. The Morgan fingerprint density at radius 2 is 1.94 bits per heavy atom. The molecule has 1 saturated heterocycles. The van der Waals surface area contributed by atoms with E-state index in [0.717, 1.165) is 19.2 Å². The summed E-state index contributed by atoms with van der Waals surface area (Å²) in [5.74, 6) is 0.316. The van der Waals surface area contributed by atoms with E-state index in [0.29, 0.717) is 45.8 Å². The molecule has 0 amide bonds. The minimum atomic E-state index is -4.85. The topological polar surface area (TPSA) is 84.8 Å². The number of alkyl halides is 3. The first-order valence-corrected chi connectivity index (χ1v) is 10.3. The van der Waals surface area contributed by atoms with Crippen molar-refractivity contribution in [3.63, 3.8) is 0 Å². The van der Waals surface area contributed by atoms with Crippen LogP contribution < -0.4 is 15.6 Å². The molecule has 2 aromatic heterocycles. The van der Waals surface area contributed by atoms with Crippen LogP contribution in [0.1, 0.15) is 11.5 Å². The Morgan fingerprint density at radius 3 is 2.62 bits per heavy atom. The fourth-order valence-electron chi connectivity index (χ4n) is 3.79. The van der Waals surface area contributed by atoms with Gasteiger partial charge in [0.1, 0.15) is 11.6 Å². The van der Waals surface area contributed by atoms with E-state index < -0.39 is 12.1 Å². The number of halogens is 4. The monoisotopic (exact) mass is 463 g/mol. The molecule has 7 nitrogen and oxygen atoms in total. The number of hydrogen-bond acceptors (Lipinski definition) is 5. The maximum Gasteiger partial charge on any atom is 0.573 e. The lowest BCUT2D eigenvalue weighted by molar-refractivity contribution is -0.274. The molecule has 0 aliphatic carbocycles. The number of imidazole rings is 1. The van der Waals surface area contributed by atoms with E-state index in [2.05, 4.69) is 25.1 Å². The molecule has 3 heterocycles. The Kier molecular flexibility index (Phi) is 5.06. The second-order valence-electron chi connectivity index (χ2n) is 7.71. The molecular formula is C21H17ClF3N5O2. The summed E-state index contributed by atoms with van der Waals surface area (Å²) in [6, 6.07) is 9.69. The first-order chi connectivity index (χ1) is 15.3. The van der Waals surface area contributed by atoms with Gasteiger partial charge < -0.3 is 15.0 Å². The van der Waals surface area contributed by atoms with Crippen molar-refractivity contribution in [3.8, 4) is 5.75 Å². The number of hydrogen-bond donors (Lipinski definition) is 2. The lowest BCUT2D eigenvalue weighted by Gasteiger charge is -2.27. The van der Waals surface area contributed by atoms with Crippen molar-refractivity contribution in [2.24, 2.45) is 5.92 Å². The second-order valence-corrected chi connectivity index (χ2v) is 8.12. The second kappa shape index (κ2) is 7.79. The first kappa shape index (κ1) is 20.8. The van der Waals surface area contributed by atoms with Crippen LogP contribution in [-0.2, 0) is 13.0 Å². The number of rotatable bonds is 5. The van der Waals surface area contributed by atoms with Gasteiger partial charge in [-0.3, -0.25) is 4.79 Å². The highest BCUT2D eigenvalue weighted by atomic mass is 35.5. The van der Waals surface area contributed by atoms with Crippen LogP contribution in [0.25, 0.3) is 21.8 Å². The summed E-state index contributed by atoms with van der Waals surface area (Å²) in [6.45, 7) is 2.18. The lowest BCUT2D eigenvalue weighted by atomic mass is 10.0. The van der Waals surface area contributed by atoms with Gasteiger partial charge in [-0.15, -0.1) is 13.2 Å². The van der Waals surface area contributed by atoms with Gasteiger partial charge in [0.15, 0.2) is 0 Å². The van der Waals surface area contributed by atoms with Crippen molar-refractivity contribution in [1.29, 1.82) is 0 Å². The summed E-state index contributed by atoms with van der Waals surface area (Å²) in [5, 5.41) is 8.84. The highest BCUT2D eigenvalue weighted by Gasteiger charge is 2.32. The van der Waals surface area contributed by atoms with Gasteiger partial charge in [0.2, 0.25) is 0 Å². The van der Waals surface area contributed by atoms with Gasteiger partial charge in [-0.05, 0) is 12.1 Å². The molecule has 0 bridgehead atoms.